The van der Waals surface area contributed by atoms with E-state index in [-0.39, 0.29) is 29.3 Å². The molecule has 0 aromatic carbocycles. The maximum atomic E-state index is 12.7. The highest BCUT2D eigenvalue weighted by Gasteiger charge is 2.32. The SMILES string of the molecule is CC(C)CCNC(=O)c1nc(C(=O)NC2CCS(=O)(=O)C2)n2c1CCCC2. The molecule has 0 bridgehead atoms. The fraction of sp³-hybridized carbons (Fsp3) is 0.722. The first-order valence-electron chi connectivity index (χ1n) is 9.65. The average molecular weight is 397 g/mol. The Labute approximate surface area is 160 Å². The smallest absolute Gasteiger partial charge is 0.287 e. The number of hydrogen-bond donors (Lipinski definition) is 2. The Morgan fingerprint density at radius 3 is 2.70 bits per heavy atom. The van der Waals surface area contributed by atoms with Crippen molar-refractivity contribution in [2.75, 3.05) is 18.1 Å². The molecule has 0 saturated carbocycles. The van der Waals surface area contributed by atoms with E-state index >= 15 is 0 Å². The fourth-order valence-electron chi connectivity index (χ4n) is 3.62. The number of fused-ring (bicyclic) bond motifs is 1. The normalized spacial score (nSPS) is 21.1. The van der Waals surface area contributed by atoms with Crippen LogP contribution in [0.3, 0.4) is 0 Å². The van der Waals surface area contributed by atoms with E-state index in [1.165, 1.54) is 0 Å². The third-order valence-electron chi connectivity index (χ3n) is 5.11. The fourth-order valence-corrected chi connectivity index (χ4v) is 5.29. The van der Waals surface area contributed by atoms with Crippen LogP contribution in [0.2, 0.25) is 0 Å². The Bertz CT molecular complexity index is 829. The van der Waals surface area contributed by atoms with Crippen LogP contribution in [0.5, 0.6) is 0 Å². The summed E-state index contributed by atoms with van der Waals surface area (Å²) in [4.78, 5) is 29.6. The standard InChI is InChI=1S/C18H28N4O4S/c1-12(2)6-8-19-17(23)15-14-5-3-4-9-22(14)16(21-15)18(24)20-13-7-10-27(25,26)11-13/h12-13H,3-11H2,1-2H3,(H,19,23)(H,20,24). The summed E-state index contributed by atoms with van der Waals surface area (Å²) in [5, 5.41) is 5.67. The van der Waals surface area contributed by atoms with Gasteiger partial charge in [-0.05, 0) is 38.0 Å². The van der Waals surface area contributed by atoms with E-state index in [0.717, 1.165) is 25.0 Å². The number of aromatic nitrogens is 2. The van der Waals surface area contributed by atoms with E-state index in [1.807, 2.05) is 4.57 Å². The zero-order valence-corrected chi connectivity index (χ0v) is 16.8. The molecule has 1 aromatic rings. The second kappa shape index (κ2) is 8.00. The van der Waals surface area contributed by atoms with Crippen LogP contribution >= 0.6 is 0 Å². The number of amides is 2. The average Bonchev–Trinajstić information content (AvgIpc) is 3.14. The predicted octanol–water partition coefficient (Wildman–Crippen LogP) is 0.912. The molecule has 1 atom stereocenters. The van der Waals surface area contributed by atoms with E-state index in [2.05, 4.69) is 29.5 Å². The Morgan fingerprint density at radius 1 is 1.26 bits per heavy atom. The van der Waals surface area contributed by atoms with Crippen molar-refractivity contribution in [3.8, 4) is 0 Å². The Balaban J connectivity index is 1.76. The second-order valence-corrected chi connectivity index (χ2v) is 10.1. The third-order valence-corrected chi connectivity index (χ3v) is 6.88. The molecule has 1 unspecified atom stereocenters. The van der Waals surface area contributed by atoms with Crippen molar-refractivity contribution in [1.82, 2.24) is 20.2 Å². The third kappa shape index (κ3) is 4.69. The van der Waals surface area contributed by atoms with Crippen molar-refractivity contribution in [1.29, 1.82) is 0 Å². The van der Waals surface area contributed by atoms with Gasteiger partial charge in [0, 0.05) is 19.1 Å². The Kier molecular flexibility index (Phi) is 5.88. The van der Waals surface area contributed by atoms with Crippen molar-refractivity contribution in [3.05, 3.63) is 17.2 Å². The lowest BCUT2D eigenvalue weighted by molar-refractivity contribution is 0.0925. The minimum Gasteiger partial charge on any atom is -0.351 e. The van der Waals surface area contributed by atoms with E-state index in [0.29, 0.717) is 37.5 Å². The lowest BCUT2D eigenvalue weighted by Crippen LogP contribution is -2.37. The lowest BCUT2D eigenvalue weighted by Gasteiger charge is -2.18. The summed E-state index contributed by atoms with van der Waals surface area (Å²) in [7, 11) is -3.07. The molecule has 2 N–H and O–H groups in total. The first-order valence-corrected chi connectivity index (χ1v) is 11.5. The number of nitrogens with one attached hydrogen (secondary N) is 2. The largest absolute Gasteiger partial charge is 0.351 e. The molecule has 0 spiro atoms. The van der Waals surface area contributed by atoms with E-state index in [4.69, 9.17) is 0 Å². The number of carbonyl (C=O) groups is 2. The maximum Gasteiger partial charge on any atom is 0.287 e. The van der Waals surface area contributed by atoms with Crippen LogP contribution in [0.25, 0.3) is 0 Å². The van der Waals surface area contributed by atoms with Crippen LogP contribution in [0, 0.1) is 5.92 Å². The van der Waals surface area contributed by atoms with Crippen LogP contribution in [0.4, 0.5) is 0 Å². The predicted molar refractivity (Wildman–Crippen MR) is 101 cm³/mol. The number of carbonyl (C=O) groups excluding carboxylic acids is 2. The van der Waals surface area contributed by atoms with Crippen LogP contribution in [0.1, 0.15) is 66.3 Å². The lowest BCUT2D eigenvalue weighted by atomic mass is 10.1. The van der Waals surface area contributed by atoms with Gasteiger partial charge in [0.15, 0.2) is 15.7 Å². The van der Waals surface area contributed by atoms with Crippen molar-refractivity contribution < 1.29 is 18.0 Å². The molecule has 1 aromatic heterocycles. The highest BCUT2D eigenvalue weighted by molar-refractivity contribution is 7.91. The molecule has 9 heteroatoms. The molecule has 1 saturated heterocycles. The maximum absolute atomic E-state index is 12.7. The van der Waals surface area contributed by atoms with E-state index in [1.54, 1.807) is 0 Å². The van der Waals surface area contributed by atoms with Gasteiger partial charge < -0.3 is 15.2 Å². The Morgan fingerprint density at radius 2 is 2.04 bits per heavy atom. The van der Waals surface area contributed by atoms with Crippen LogP contribution in [0.15, 0.2) is 0 Å². The molecule has 3 rings (SSSR count). The van der Waals surface area contributed by atoms with Gasteiger partial charge in [-0.3, -0.25) is 9.59 Å². The summed E-state index contributed by atoms with van der Waals surface area (Å²) in [6.07, 6.45) is 3.90. The Hall–Kier alpha value is -1.90. The van der Waals surface area contributed by atoms with Crippen molar-refractivity contribution in [2.45, 2.75) is 58.5 Å². The summed E-state index contributed by atoms with van der Waals surface area (Å²) < 4.78 is 25.0. The number of rotatable bonds is 6. The van der Waals surface area contributed by atoms with Crippen molar-refractivity contribution in [3.63, 3.8) is 0 Å². The zero-order valence-electron chi connectivity index (χ0n) is 16.0. The van der Waals surface area contributed by atoms with Crippen LogP contribution < -0.4 is 10.6 Å². The highest BCUT2D eigenvalue weighted by atomic mass is 32.2. The molecular formula is C18H28N4O4S. The van der Waals surface area contributed by atoms with Gasteiger partial charge >= 0.3 is 0 Å². The molecule has 0 aliphatic carbocycles. The molecule has 0 radical (unpaired) electrons. The van der Waals surface area contributed by atoms with Gasteiger partial charge in [-0.25, -0.2) is 13.4 Å². The van der Waals surface area contributed by atoms with Gasteiger partial charge in [0.1, 0.15) is 5.69 Å². The minimum absolute atomic E-state index is 0.0329. The molecule has 2 amide bonds. The minimum atomic E-state index is -3.07. The van der Waals surface area contributed by atoms with Gasteiger partial charge in [-0.2, -0.15) is 0 Å². The van der Waals surface area contributed by atoms with Crippen molar-refractivity contribution >= 4 is 21.7 Å². The van der Waals surface area contributed by atoms with Gasteiger partial charge in [0.2, 0.25) is 0 Å². The summed E-state index contributed by atoms with van der Waals surface area (Å²) in [6.45, 7) is 5.41. The quantitative estimate of drug-likeness (QED) is 0.743. The monoisotopic (exact) mass is 396 g/mol. The van der Waals surface area contributed by atoms with Gasteiger partial charge in [-0.1, -0.05) is 13.8 Å². The van der Waals surface area contributed by atoms with Gasteiger partial charge in [-0.15, -0.1) is 0 Å². The molecule has 1 fully saturated rings. The molecule has 27 heavy (non-hydrogen) atoms. The van der Waals surface area contributed by atoms with Crippen LogP contribution in [-0.2, 0) is 22.8 Å². The van der Waals surface area contributed by atoms with Gasteiger partial charge in [0.05, 0.1) is 17.2 Å². The molecular weight excluding hydrogens is 368 g/mol. The summed E-state index contributed by atoms with van der Waals surface area (Å²) in [5.74, 6) is 0.120. The van der Waals surface area contributed by atoms with Gasteiger partial charge in [0.25, 0.3) is 11.8 Å². The number of sulfone groups is 1. The molecule has 3 heterocycles. The number of nitrogens with zero attached hydrogens (tertiary/aromatic N) is 2. The molecule has 8 nitrogen and oxygen atoms in total. The van der Waals surface area contributed by atoms with E-state index in [9.17, 15) is 18.0 Å². The zero-order chi connectivity index (χ0) is 19.6. The van der Waals surface area contributed by atoms with Crippen molar-refractivity contribution in [2.24, 2.45) is 5.92 Å². The summed E-state index contributed by atoms with van der Waals surface area (Å²) >= 11 is 0. The first kappa shape index (κ1) is 19.9. The van der Waals surface area contributed by atoms with E-state index < -0.39 is 15.7 Å². The summed E-state index contributed by atoms with van der Waals surface area (Å²) in [5.41, 5.74) is 1.12. The summed E-state index contributed by atoms with van der Waals surface area (Å²) in [6, 6.07) is -0.387. The highest BCUT2D eigenvalue weighted by Crippen LogP contribution is 2.22. The second-order valence-electron chi connectivity index (χ2n) is 7.85. The van der Waals surface area contributed by atoms with Crippen LogP contribution in [-0.4, -0.2) is 53.9 Å². The molecule has 2 aliphatic heterocycles. The first-order chi connectivity index (χ1) is 12.8. The topological polar surface area (TPSA) is 110 Å². The molecule has 150 valence electrons. The molecule has 2 aliphatic rings. The number of imidazole rings is 1. The number of hydrogen-bond acceptors (Lipinski definition) is 5.